The summed E-state index contributed by atoms with van der Waals surface area (Å²) in [5, 5.41) is 6.73. The Kier molecular flexibility index (Phi) is 3.97. The Balaban J connectivity index is 1.55. The van der Waals surface area contributed by atoms with Gasteiger partial charge in [-0.3, -0.25) is 0 Å². The zero-order valence-corrected chi connectivity index (χ0v) is 13.6. The van der Waals surface area contributed by atoms with Gasteiger partial charge in [-0.1, -0.05) is 6.07 Å². The number of hydrogen-bond donors (Lipinski definition) is 2. The number of aromatic nitrogens is 2. The van der Waals surface area contributed by atoms with Crippen LogP contribution in [0.1, 0.15) is 22.4 Å². The summed E-state index contributed by atoms with van der Waals surface area (Å²) < 4.78 is 0. The van der Waals surface area contributed by atoms with Gasteiger partial charge >= 0.3 is 0 Å². The van der Waals surface area contributed by atoms with Crippen molar-refractivity contribution in [2.75, 3.05) is 32.0 Å². The fourth-order valence-electron chi connectivity index (χ4n) is 3.34. The third-order valence-electron chi connectivity index (χ3n) is 4.81. The van der Waals surface area contributed by atoms with Crippen molar-refractivity contribution < 1.29 is 0 Å². The van der Waals surface area contributed by atoms with E-state index < -0.39 is 0 Å². The van der Waals surface area contributed by atoms with Gasteiger partial charge < -0.3 is 15.5 Å². The van der Waals surface area contributed by atoms with E-state index in [0.717, 1.165) is 56.8 Å². The second kappa shape index (κ2) is 6.26. The van der Waals surface area contributed by atoms with Gasteiger partial charge in [-0.2, -0.15) is 0 Å². The van der Waals surface area contributed by atoms with Crippen LogP contribution in [0.15, 0.2) is 24.4 Å². The highest BCUT2D eigenvalue weighted by Crippen LogP contribution is 2.22. The van der Waals surface area contributed by atoms with E-state index in [1.807, 2.05) is 6.20 Å². The molecule has 0 atom stereocenters. The summed E-state index contributed by atoms with van der Waals surface area (Å²) in [7, 11) is 2.19. The van der Waals surface area contributed by atoms with Crippen LogP contribution >= 0.6 is 0 Å². The van der Waals surface area contributed by atoms with E-state index in [-0.39, 0.29) is 0 Å². The Hall–Kier alpha value is -1.98. The first-order valence-electron chi connectivity index (χ1n) is 8.41. The number of likely N-dealkylation sites (N-methyl/N-ethyl adjacent to an activating group) is 1. The molecule has 0 fully saturated rings. The highest BCUT2D eigenvalue weighted by Gasteiger charge is 2.13. The summed E-state index contributed by atoms with van der Waals surface area (Å²) in [5.74, 6) is 0.693. The lowest BCUT2D eigenvalue weighted by Gasteiger charge is -2.16. The van der Waals surface area contributed by atoms with Crippen LogP contribution in [0.2, 0.25) is 0 Å². The molecule has 0 spiro atoms. The second-order valence-corrected chi connectivity index (χ2v) is 6.50. The number of anilines is 2. The topological polar surface area (TPSA) is 53.1 Å². The van der Waals surface area contributed by atoms with Crippen molar-refractivity contribution in [3.8, 4) is 0 Å². The van der Waals surface area contributed by atoms with Crippen molar-refractivity contribution >= 4 is 11.6 Å². The minimum absolute atomic E-state index is 0.693. The van der Waals surface area contributed by atoms with Crippen LogP contribution in [-0.2, 0) is 25.8 Å². The summed E-state index contributed by atoms with van der Waals surface area (Å²) in [6.07, 6.45) is 5.22. The molecule has 0 saturated heterocycles. The zero-order chi connectivity index (χ0) is 15.6. The number of fused-ring (bicyclic) bond motifs is 2. The number of rotatable bonds is 2. The average molecular weight is 309 g/mol. The van der Waals surface area contributed by atoms with Gasteiger partial charge in [0.1, 0.15) is 0 Å². The van der Waals surface area contributed by atoms with Crippen LogP contribution in [0.3, 0.4) is 0 Å². The third-order valence-corrected chi connectivity index (χ3v) is 4.81. The van der Waals surface area contributed by atoms with E-state index in [0.29, 0.717) is 5.95 Å². The first-order valence-corrected chi connectivity index (χ1v) is 8.41. The Morgan fingerprint density at radius 3 is 2.87 bits per heavy atom. The van der Waals surface area contributed by atoms with Crippen molar-refractivity contribution in [2.45, 2.75) is 25.8 Å². The maximum atomic E-state index is 4.66. The molecular formula is C18H23N5. The minimum atomic E-state index is 0.693. The highest BCUT2D eigenvalue weighted by molar-refractivity contribution is 5.56. The quantitative estimate of drug-likeness (QED) is 0.887. The lowest BCUT2D eigenvalue weighted by molar-refractivity contribution is 0.352. The minimum Gasteiger partial charge on any atom is -0.324 e. The monoisotopic (exact) mass is 309 g/mol. The van der Waals surface area contributed by atoms with E-state index in [9.17, 15) is 0 Å². The molecular weight excluding hydrogens is 286 g/mol. The SMILES string of the molecule is CN1CCc2ccc(Nc3ncc4c(n3)CNCC4)cc2CC1. The Morgan fingerprint density at radius 2 is 1.96 bits per heavy atom. The van der Waals surface area contributed by atoms with Crippen LogP contribution in [0, 0.1) is 0 Å². The van der Waals surface area contributed by atoms with Gasteiger partial charge in [-0.15, -0.1) is 0 Å². The van der Waals surface area contributed by atoms with Gasteiger partial charge in [-0.05, 0) is 61.7 Å². The van der Waals surface area contributed by atoms with E-state index in [1.165, 1.54) is 16.7 Å². The predicted molar refractivity (Wildman–Crippen MR) is 92.1 cm³/mol. The van der Waals surface area contributed by atoms with Crippen LogP contribution in [0.5, 0.6) is 0 Å². The molecule has 23 heavy (non-hydrogen) atoms. The van der Waals surface area contributed by atoms with Gasteiger partial charge in [0.05, 0.1) is 5.69 Å². The number of hydrogen-bond acceptors (Lipinski definition) is 5. The predicted octanol–water partition coefficient (Wildman–Crippen LogP) is 1.90. The lowest BCUT2D eigenvalue weighted by Crippen LogP contribution is -2.25. The lowest BCUT2D eigenvalue weighted by atomic mass is 10.0. The second-order valence-electron chi connectivity index (χ2n) is 6.50. The van der Waals surface area contributed by atoms with E-state index in [4.69, 9.17) is 0 Å². The molecule has 4 rings (SSSR count). The molecule has 0 bridgehead atoms. The molecule has 2 aliphatic rings. The standard InChI is InChI=1S/C18H23N5/c1-23-8-5-13-2-3-16(10-14(13)6-9-23)21-18-20-11-15-4-7-19-12-17(15)22-18/h2-3,10-11,19H,4-9,12H2,1H3,(H,20,21,22). The summed E-state index contributed by atoms with van der Waals surface area (Å²) >= 11 is 0. The molecule has 120 valence electrons. The Bertz CT molecular complexity index is 713. The maximum Gasteiger partial charge on any atom is 0.227 e. The van der Waals surface area contributed by atoms with Crippen molar-refractivity contribution in [3.05, 3.63) is 46.8 Å². The smallest absolute Gasteiger partial charge is 0.227 e. The Labute approximate surface area is 137 Å². The van der Waals surface area contributed by atoms with Crippen molar-refractivity contribution in [2.24, 2.45) is 0 Å². The molecule has 2 aliphatic heterocycles. The van der Waals surface area contributed by atoms with Crippen LogP contribution in [0.4, 0.5) is 11.6 Å². The van der Waals surface area contributed by atoms with E-state index in [1.54, 1.807) is 0 Å². The summed E-state index contributed by atoms with van der Waals surface area (Å²) in [5.41, 5.74) is 6.37. The molecule has 1 aromatic heterocycles. The number of benzene rings is 1. The third kappa shape index (κ3) is 3.21. The fourth-order valence-corrected chi connectivity index (χ4v) is 3.34. The molecule has 2 aromatic rings. The van der Waals surface area contributed by atoms with Gasteiger partial charge in [0, 0.05) is 31.5 Å². The van der Waals surface area contributed by atoms with Gasteiger partial charge in [-0.25, -0.2) is 9.97 Å². The summed E-state index contributed by atoms with van der Waals surface area (Å²) in [4.78, 5) is 11.5. The molecule has 5 heteroatoms. The first kappa shape index (κ1) is 14.6. The fraction of sp³-hybridized carbons (Fsp3) is 0.444. The van der Waals surface area contributed by atoms with Crippen LogP contribution in [-0.4, -0.2) is 41.5 Å². The molecule has 2 N–H and O–H groups in total. The van der Waals surface area contributed by atoms with E-state index >= 15 is 0 Å². The van der Waals surface area contributed by atoms with Crippen molar-refractivity contribution in [3.63, 3.8) is 0 Å². The zero-order valence-electron chi connectivity index (χ0n) is 13.6. The molecule has 0 radical (unpaired) electrons. The molecule has 5 nitrogen and oxygen atoms in total. The normalized spacial score (nSPS) is 18.0. The molecule has 0 saturated carbocycles. The highest BCUT2D eigenvalue weighted by atomic mass is 15.1. The van der Waals surface area contributed by atoms with Crippen LogP contribution in [0.25, 0.3) is 0 Å². The molecule has 1 aromatic carbocycles. The maximum absolute atomic E-state index is 4.66. The van der Waals surface area contributed by atoms with Gasteiger partial charge in [0.15, 0.2) is 0 Å². The van der Waals surface area contributed by atoms with Crippen molar-refractivity contribution in [1.29, 1.82) is 0 Å². The number of nitrogens with one attached hydrogen (secondary N) is 2. The van der Waals surface area contributed by atoms with Gasteiger partial charge in [0.25, 0.3) is 0 Å². The average Bonchev–Trinajstić information content (AvgIpc) is 2.77. The van der Waals surface area contributed by atoms with Crippen LogP contribution < -0.4 is 10.6 Å². The summed E-state index contributed by atoms with van der Waals surface area (Å²) in [6, 6.07) is 6.65. The molecule has 0 unspecified atom stereocenters. The summed E-state index contributed by atoms with van der Waals surface area (Å²) in [6.45, 7) is 4.11. The molecule has 0 amide bonds. The van der Waals surface area contributed by atoms with E-state index in [2.05, 4.69) is 50.7 Å². The van der Waals surface area contributed by atoms with Gasteiger partial charge in [0.2, 0.25) is 5.95 Å². The largest absolute Gasteiger partial charge is 0.324 e. The Morgan fingerprint density at radius 1 is 1.09 bits per heavy atom. The number of nitrogens with zero attached hydrogens (tertiary/aromatic N) is 3. The molecule has 3 heterocycles. The first-order chi connectivity index (χ1) is 11.3. The van der Waals surface area contributed by atoms with Crippen molar-refractivity contribution in [1.82, 2.24) is 20.2 Å². The molecule has 0 aliphatic carbocycles.